The van der Waals surface area contributed by atoms with Crippen molar-refractivity contribution in [2.24, 2.45) is 0 Å². The van der Waals surface area contributed by atoms with Crippen molar-refractivity contribution in [3.05, 3.63) is 61.2 Å². The van der Waals surface area contributed by atoms with Crippen LogP contribution >= 0.6 is 0 Å². The molecule has 0 spiro atoms. The molecule has 2 N–H and O–H groups in total. The standard InChI is InChI=1S/C19H15N7O/c1-27-13-5-6-16-14(8-13)15-10-21-25-18(15)19(24-16)23-12-9-22-26(11-12)17-4-2-3-7-20-17/h2-11H,1H3,(H,21,25)(H,23,24). The second-order valence-corrected chi connectivity index (χ2v) is 5.99. The third-order valence-electron chi connectivity index (χ3n) is 4.33. The number of nitrogens with zero attached hydrogens (tertiary/aromatic N) is 5. The van der Waals surface area contributed by atoms with Crippen molar-refractivity contribution in [2.75, 3.05) is 12.4 Å². The van der Waals surface area contributed by atoms with Crippen molar-refractivity contribution >= 4 is 33.3 Å². The highest BCUT2D eigenvalue weighted by molar-refractivity contribution is 6.09. The fourth-order valence-electron chi connectivity index (χ4n) is 3.03. The number of ether oxygens (including phenoxy) is 1. The van der Waals surface area contributed by atoms with Gasteiger partial charge in [0.15, 0.2) is 11.6 Å². The Hall–Kier alpha value is -3.94. The van der Waals surface area contributed by atoms with Crippen LogP contribution in [-0.2, 0) is 0 Å². The second-order valence-electron chi connectivity index (χ2n) is 5.99. The van der Waals surface area contributed by atoms with Gasteiger partial charge < -0.3 is 10.1 Å². The number of anilines is 2. The number of methoxy groups -OCH3 is 1. The Morgan fingerprint density at radius 1 is 1.11 bits per heavy atom. The first-order chi connectivity index (χ1) is 13.3. The van der Waals surface area contributed by atoms with Gasteiger partial charge in [0.05, 0.1) is 36.9 Å². The Bertz CT molecular complexity index is 1240. The maximum absolute atomic E-state index is 5.33. The first kappa shape index (κ1) is 15.3. The normalized spacial score (nSPS) is 11.1. The number of aromatic nitrogens is 6. The highest BCUT2D eigenvalue weighted by Crippen LogP contribution is 2.31. The molecule has 0 aliphatic rings. The summed E-state index contributed by atoms with van der Waals surface area (Å²) in [5, 5.41) is 16.8. The Labute approximate surface area is 153 Å². The smallest absolute Gasteiger partial charge is 0.157 e. The predicted molar refractivity (Wildman–Crippen MR) is 103 cm³/mol. The summed E-state index contributed by atoms with van der Waals surface area (Å²) in [4.78, 5) is 9.03. The summed E-state index contributed by atoms with van der Waals surface area (Å²) in [5.74, 6) is 2.21. The minimum atomic E-state index is 0.681. The molecule has 0 amide bonds. The first-order valence-corrected chi connectivity index (χ1v) is 8.36. The molecule has 8 heteroatoms. The Kier molecular flexibility index (Phi) is 3.46. The lowest BCUT2D eigenvalue weighted by molar-refractivity contribution is 0.415. The topological polar surface area (TPSA) is 93.5 Å². The van der Waals surface area contributed by atoms with Gasteiger partial charge in [0.1, 0.15) is 11.3 Å². The van der Waals surface area contributed by atoms with E-state index in [2.05, 4.69) is 25.6 Å². The van der Waals surface area contributed by atoms with Gasteiger partial charge in [-0.1, -0.05) is 6.07 Å². The van der Waals surface area contributed by atoms with Crippen LogP contribution in [0.5, 0.6) is 5.75 Å². The van der Waals surface area contributed by atoms with Gasteiger partial charge in [0.2, 0.25) is 0 Å². The molecule has 0 saturated heterocycles. The average molecular weight is 357 g/mol. The van der Waals surface area contributed by atoms with E-state index in [0.29, 0.717) is 5.82 Å². The zero-order valence-corrected chi connectivity index (χ0v) is 14.4. The number of fused-ring (bicyclic) bond motifs is 3. The molecule has 0 fully saturated rings. The Morgan fingerprint density at radius 2 is 2.07 bits per heavy atom. The van der Waals surface area contributed by atoms with Crippen molar-refractivity contribution in [1.82, 2.24) is 29.9 Å². The maximum Gasteiger partial charge on any atom is 0.157 e. The third kappa shape index (κ3) is 2.63. The molecule has 0 radical (unpaired) electrons. The van der Waals surface area contributed by atoms with Gasteiger partial charge in [-0.2, -0.15) is 10.2 Å². The Balaban J connectivity index is 1.57. The van der Waals surface area contributed by atoms with E-state index in [4.69, 9.17) is 9.72 Å². The van der Waals surface area contributed by atoms with E-state index in [1.165, 1.54) is 0 Å². The highest BCUT2D eigenvalue weighted by atomic mass is 16.5. The largest absolute Gasteiger partial charge is 0.497 e. The fourth-order valence-corrected chi connectivity index (χ4v) is 3.03. The molecule has 5 aromatic rings. The van der Waals surface area contributed by atoms with Crippen LogP contribution < -0.4 is 10.1 Å². The molecule has 0 saturated carbocycles. The first-order valence-electron chi connectivity index (χ1n) is 8.36. The molecule has 5 rings (SSSR count). The number of rotatable bonds is 4. The summed E-state index contributed by atoms with van der Waals surface area (Å²) in [6, 6.07) is 11.5. The van der Waals surface area contributed by atoms with Gasteiger partial charge in [-0.05, 0) is 30.3 Å². The van der Waals surface area contributed by atoms with Crippen molar-refractivity contribution in [3.63, 3.8) is 0 Å². The van der Waals surface area contributed by atoms with Crippen LogP contribution in [0.3, 0.4) is 0 Å². The van der Waals surface area contributed by atoms with Gasteiger partial charge in [0.25, 0.3) is 0 Å². The fraction of sp³-hybridized carbons (Fsp3) is 0.0526. The quantitative estimate of drug-likeness (QED) is 0.512. The molecule has 0 unspecified atom stereocenters. The molecule has 4 aromatic heterocycles. The van der Waals surface area contributed by atoms with Crippen molar-refractivity contribution in [1.29, 1.82) is 0 Å². The van der Waals surface area contributed by atoms with E-state index in [9.17, 15) is 0 Å². The number of aromatic amines is 1. The van der Waals surface area contributed by atoms with E-state index in [0.717, 1.165) is 39.1 Å². The summed E-state index contributed by atoms with van der Waals surface area (Å²) in [6.45, 7) is 0. The van der Waals surface area contributed by atoms with Crippen LogP contribution in [0.15, 0.2) is 61.2 Å². The predicted octanol–water partition coefficient (Wildman–Crippen LogP) is 3.44. The van der Waals surface area contributed by atoms with Gasteiger partial charge in [0, 0.05) is 17.0 Å². The lowest BCUT2D eigenvalue weighted by Crippen LogP contribution is -1.97. The summed E-state index contributed by atoms with van der Waals surface area (Å²) >= 11 is 0. The summed E-state index contributed by atoms with van der Waals surface area (Å²) in [6.07, 6.45) is 7.12. The van der Waals surface area contributed by atoms with E-state index in [1.54, 1.807) is 30.4 Å². The number of hydrogen-bond donors (Lipinski definition) is 2. The molecule has 27 heavy (non-hydrogen) atoms. The maximum atomic E-state index is 5.33. The van der Waals surface area contributed by atoms with Crippen LogP contribution in [0.2, 0.25) is 0 Å². The van der Waals surface area contributed by atoms with Crippen molar-refractivity contribution < 1.29 is 4.74 Å². The number of H-pyrrole nitrogens is 1. The number of nitrogens with one attached hydrogen (secondary N) is 2. The van der Waals surface area contributed by atoms with Gasteiger partial charge in [-0.15, -0.1) is 0 Å². The molecule has 0 atom stereocenters. The highest BCUT2D eigenvalue weighted by Gasteiger charge is 2.12. The number of pyridine rings is 2. The SMILES string of the molecule is COc1ccc2nc(Nc3cnn(-c4ccccn4)c3)c3[nH]ncc3c2c1. The van der Waals surface area contributed by atoms with Crippen molar-refractivity contribution in [3.8, 4) is 11.6 Å². The molecule has 4 heterocycles. The van der Waals surface area contributed by atoms with Crippen LogP contribution in [0.4, 0.5) is 11.5 Å². The third-order valence-corrected chi connectivity index (χ3v) is 4.33. The van der Waals surface area contributed by atoms with Gasteiger partial charge in [-0.3, -0.25) is 5.10 Å². The molecule has 1 aromatic carbocycles. The minimum Gasteiger partial charge on any atom is -0.497 e. The zero-order chi connectivity index (χ0) is 18.2. The molecule has 0 aliphatic carbocycles. The van der Waals surface area contributed by atoms with Crippen LogP contribution in [-0.4, -0.2) is 37.1 Å². The number of benzene rings is 1. The Morgan fingerprint density at radius 3 is 2.93 bits per heavy atom. The van der Waals surface area contributed by atoms with E-state index in [-0.39, 0.29) is 0 Å². The summed E-state index contributed by atoms with van der Waals surface area (Å²) < 4.78 is 7.03. The lowest BCUT2D eigenvalue weighted by atomic mass is 10.1. The number of hydrogen-bond acceptors (Lipinski definition) is 6. The van der Waals surface area contributed by atoms with E-state index < -0.39 is 0 Å². The molecular formula is C19H15N7O. The average Bonchev–Trinajstić information content (AvgIpc) is 3.38. The lowest BCUT2D eigenvalue weighted by Gasteiger charge is -2.08. The molecule has 0 bridgehead atoms. The van der Waals surface area contributed by atoms with Crippen molar-refractivity contribution in [2.45, 2.75) is 0 Å². The van der Waals surface area contributed by atoms with Crippen LogP contribution in [0.1, 0.15) is 0 Å². The van der Waals surface area contributed by atoms with Gasteiger partial charge >= 0.3 is 0 Å². The van der Waals surface area contributed by atoms with Crippen LogP contribution in [0.25, 0.3) is 27.6 Å². The minimum absolute atomic E-state index is 0.681. The van der Waals surface area contributed by atoms with Gasteiger partial charge in [-0.25, -0.2) is 14.6 Å². The summed E-state index contributed by atoms with van der Waals surface area (Å²) in [7, 11) is 1.65. The van der Waals surface area contributed by atoms with Crippen LogP contribution in [0, 0.1) is 0 Å². The van der Waals surface area contributed by atoms with E-state index >= 15 is 0 Å². The van der Waals surface area contributed by atoms with E-state index in [1.807, 2.05) is 42.6 Å². The zero-order valence-electron chi connectivity index (χ0n) is 14.4. The molecule has 8 nitrogen and oxygen atoms in total. The molecular weight excluding hydrogens is 342 g/mol. The molecule has 0 aliphatic heterocycles. The second kappa shape index (κ2) is 6.10. The summed E-state index contributed by atoms with van der Waals surface area (Å²) in [5.41, 5.74) is 2.47. The molecule has 132 valence electrons. The monoisotopic (exact) mass is 357 g/mol.